The Hall–Kier alpha value is -2.63. The Balaban J connectivity index is 1.68. The highest BCUT2D eigenvalue weighted by Crippen LogP contribution is 2.31. The summed E-state index contributed by atoms with van der Waals surface area (Å²) in [5, 5.41) is 13.9. The molecule has 0 bridgehead atoms. The molecular weight excluding hydrogens is 366 g/mol. The third-order valence-electron chi connectivity index (χ3n) is 6.29. The summed E-state index contributed by atoms with van der Waals surface area (Å²) in [6.07, 6.45) is 6.36. The first-order valence-electron chi connectivity index (χ1n) is 10.7. The van der Waals surface area contributed by atoms with Gasteiger partial charge >= 0.3 is 5.97 Å². The van der Waals surface area contributed by atoms with Crippen molar-refractivity contribution >= 4 is 11.9 Å². The maximum Gasteiger partial charge on any atom is 0.303 e. The number of hydrogen-bond acceptors (Lipinski definition) is 3. The smallest absolute Gasteiger partial charge is 0.303 e. The van der Waals surface area contributed by atoms with Crippen molar-refractivity contribution in [3.05, 3.63) is 46.3 Å². The summed E-state index contributed by atoms with van der Waals surface area (Å²) < 4.78 is 1.97. The Labute approximate surface area is 171 Å². The summed E-state index contributed by atoms with van der Waals surface area (Å²) in [6, 6.07) is 6.31. The number of carbonyl (C=O) groups excluding carboxylic acids is 1. The first-order valence-corrected chi connectivity index (χ1v) is 10.7. The minimum atomic E-state index is -0.803. The molecule has 2 aliphatic rings. The molecule has 1 aromatic heterocycles. The van der Waals surface area contributed by atoms with E-state index >= 15 is 0 Å². The van der Waals surface area contributed by atoms with Crippen molar-refractivity contribution < 1.29 is 14.7 Å². The van der Waals surface area contributed by atoms with E-state index in [1.165, 1.54) is 5.56 Å². The van der Waals surface area contributed by atoms with Gasteiger partial charge in [-0.15, -0.1) is 0 Å². The first kappa shape index (κ1) is 19.7. The van der Waals surface area contributed by atoms with Crippen LogP contribution in [-0.2, 0) is 17.6 Å². The number of fused-ring (bicyclic) bond motifs is 1. The predicted octanol–water partition coefficient (Wildman–Crippen LogP) is 3.84. The molecular formula is C23H29N3O3. The highest BCUT2D eigenvalue weighted by atomic mass is 16.4. The zero-order chi connectivity index (χ0) is 20.5. The van der Waals surface area contributed by atoms with Crippen LogP contribution in [0.2, 0.25) is 0 Å². The van der Waals surface area contributed by atoms with Crippen LogP contribution in [0, 0.1) is 13.8 Å². The number of benzene rings is 1. The standard InChI is InChI=1S/C23H29N3O3/c1-15-9-11-19(16(2)14-15)26-20-8-5-7-18(20)22(24-26)23(29)25-13-4-3-6-17(25)10-12-21(27)28/h9,11,14,17H,3-8,10,12-13H2,1-2H3,(H,27,28). The third kappa shape index (κ3) is 3.80. The number of carboxylic acids is 1. The molecule has 0 spiro atoms. The van der Waals surface area contributed by atoms with Crippen molar-refractivity contribution in [2.75, 3.05) is 6.54 Å². The fraction of sp³-hybridized carbons (Fsp3) is 0.522. The van der Waals surface area contributed by atoms with Gasteiger partial charge in [-0.3, -0.25) is 9.59 Å². The number of nitrogens with zero attached hydrogens (tertiary/aromatic N) is 3. The highest BCUT2D eigenvalue weighted by molar-refractivity contribution is 5.94. The number of carboxylic acid groups (broad SMARTS) is 1. The van der Waals surface area contributed by atoms with Gasteiger partial charge in [0.15, 0.2) is 5.69 Å². The van der Waals surface area contributed by atoms with Crippen molar-refractivity contribution in [3.63, 3.8) is 0 Å². The van der Waals surface area contributed by atoms with Gasteiger partial charge in [-0.1, -0.05) is 17.7 Å². The average Bonchev–Trinajstić information content (AvgIpc) is 3.29. The molecule has 0 saturated carbocycles. The van der Waals surface area contributed by atoms with E-state index in [0.29, 0.717) is 18.7 Å². The monoisotopic (exact) mass is 395 g/mol. The highest BCUT2D eigenvalue weighted by Gasteiger charge is 2.34. The summed E-state index contributed by atoms with van der Waals surface area (Å²) in [6.45, 7) is 4.85. The molecule has 1 N–H and O–H groups in total. The number of hydrogen-bond donors (Lipinski definition) is 1. The van der Waals surface area contributed by atoms with Crippen LogP contribution in [0.5, 0.6) is 0 Å². The minimum absolute atomic E-state index is 0.00401. The number of rotatable bonds is 5. The molecule has 2 heterocycles. The molecule has 1 fully saturated rings. The molecule has 1 aromatic carbocycles. The molecule has 154 valence electrons. The second-order valence-electron chi connectivity index (χ2n) is 8.41. The molecule has 1 aliphatic carbocycles. The van der Waals surface area contributed by atoms with E-state index in [9.17, 15) is 9.59 Å². The van der Waals surface area contributed by atoms with E-state index in [-0.39, 0.29) is 18.4 Å². The van der Waals surface area contributed by atoms with E-state index in [4.69, 9.17) is 10.2 Å². The lowest BCUT2D eigenvalue weighted by molar-refractivity contribution is -0.137. The number of aliphatic carboxylic acids is 1. The fourth-order valence-electron chi connectivity index (χ4n) is 4.85. The molecule has 1 aliphatic heterocycles. The molecule has 4 rings (SSSR count). The second-order valence-corrected chi connectivity index (χ2v) is 8.41. The normalized spacial score (nSPS) is 18.7. The van der Waals surface area contributed by atoms with E-state index < -0.39 is 5.97 Å². The van der Waals surface area contributed by atoms with Crippen LogP contribution in [0.15, 0.2) is 18.2 Å². The summed E-state index contributed by atoms with van der Waals surface area (Å²) in [7, 11) is 0. The minimum Gasteiger partial charge on any atom is -0.481 e. The van der Waals surface area contributed by atoms with Crippen molar-refractivity contribution in [1.29, 1.82) is 0 Å². The van der Waals surface area contributed by atoms with Gasteiger partial charge in [0.25, 0.3) is 5.91 Å². The zero-order valence-electron chi connectivity index (χ0n) is 17.3. The van der Waals surface area contributed by atoms with Gasteiger partial charge in [0.05, 0.1) is 5.69 Å². The fourth-order valence-corrected chi connectivity index (χ4v) is 4.85. The lowest BCUT2D eigenvalue weighted by Crippen LogP contribution is -2.44. The van der Waals surface area contributed by atoms with Gasteiger partial charge in [0.2, 0.25) is 0 Å². The van der Waals surface area contributed by atoms with E-state index in [1.54, 1.807) is 0 Å². The van der Waals surface area contributed by atoms with Crippen LogP contribution in [-0.4, -0.2) is 44.3 Å². The van der Waals surface area contributed by atoms with Gasteiger partial charge in [0, 0.05) is 30.3 Å². The Morgan fingerprint density at radius 1 is 1.17 bits per heavy atom. The Kier molecular flexibility index (Phi) is 5.43. The molecule has 6 nitrogen and oxygen atoms in total. The summed E-state index contributed by atoms with van der Waals surface area (Å²) in [4.78, 5) is 26.4. The van der Waals surface area contributed by atoms with Crippen LogP contribution < -0.4 is 0 Å². The van der Waals surface area contributed by atoms with E-state index in [2.05, 4.69) is 32.0 Å². The topological polar surface area (TPSA) is 75.4 Å². The third-order valence-corrected chi connectivity index (χ3v) is 6.29. The molecule has 1 unspecified atom stereocenters. The van der Waals surface area contributed by atoms with Crippen molar-refractivity contribution in [2.24, 2.45) is 0 Å². The molecule has 2 aromatic rings. The number of aromatic nitrogens is 2. The van der Waals surface area contributed by atoms with Gasteiger partial charge in [-0.05, 0) is 70.4 Å². The first-order chi connectivity index (χ1) is 14.0. The number of amides is 1. The molecule has 29 heavy (non-hydrogen) atoms. The summed E-state index contributed by atoms with van der Waals surface area (Å²) >= 11 is 0. The maximum atomic E-state index is 13.5. The number of carbonyl (C=O) groups is 2. The predicted molar refractivity (Wildman–Crippen MR) is 111 cm³/mol. The van der Waals surface area contributed by atoms with Crippen molar-refractivity contribution in [3.8, 4) is 5.69 Å². The van der Waals surface area contributed by atoms with Crippen LogP contribution >= 0.6 is 0 Å². The van der Waals surface area contributed by atoms with E-state index in [0.717, 1.165) is 61.0 Å². The second kappa shape index (κ2) is 8.01. The largest absolute Gasteiger partial charge is 0.481 e. The quantitative estimate of drug-likeness (QED) is 0.835. The number of piperidine rings is 1. The van der Waals surface area contributed by atoms with Gasteiger partial charge in [0.1, 0.15) is 0 Å². The molecule has 1 amide bonds. The Morgan fingerprint density at radius 3 is 2.76 bits per heavy atom. The molecule has 1 atom stereocenters. The average molecular weight is 396 g/mol. The SMILES string of the molecule is Cc1ccc(-n2nc(C(=O)N3CCCCC3CCC(=O)O)c3c2CCC3)c(C)c1. The lowest BCUT2D eigenvalue weighted by Gasteiger charge is -2.35. The molecule has 6 heteroatoms. The van der Waals surface area contributed by atoms with Crippen molar-refractivity contribution in [1.82, 2.24) is 14.7 Å². The summed E-state index contributed by atoms with van der Waals surface area (Å²) in [5.41, 5.74) is 6.20. The Morgan fingerprint density at radius 2 is 2.00 bits per heavy atom. The number of aryl methyl sites for hydroxylation is 2. The molecule has 1 saturated heterocycles. The van der Waals surface area contributed by atoms with Crippen LogP contribution in [0.4, 0.5) is 0 Å². The van der Waals surface area contributed by atoms with E-state index in [1.807, 2.05) is 9.58 Å². The lowest BCUT2D eigenvalue weighted by atomic mass is 9.97. The van der Waals surface area contributed by atoms with Gasteiger partial charge in [-0.2, -0.15) is 5.10 Å². The Bertz CT molecular complexity index is 947. The van der Waals surface area contributed by atoms with Crippen LogP contribution in [0.3, 0.4) is 0 Å². The molecule has 0 radical (unpaired) electrons. The number of likely N-dealkylation sites (tertiary alicyclic amines) is 1. The van der Waals surface area contributed by atoms with Crippen LogP contribution in [0.1, 0.15) is 71.4 Å². The van der Waals surface area contributed by atoms with Gasteiger partial charge < -0.3 is 10.0 Å². The van der Waals surface area contributed by atoms with Crippen molar-refractivity contribution in [2.45, 2.75) is 71.3 Å². The maximum absolute atomic E-state index is 13.5. The van der Waals surface area contributed by atoms with Gasteiger partial charge in [-0.25, -0.2) is 4.68 Å². The van der Waals surface area contributed by atoms with Crippen LogP contribution in [0.25, 0.3) is 5.69 Å². The zero-order valence-corrected chi connectivity index (χ0v) is 17.3. The summed E-state index contributed by atoms with van der Waals surface area (Å²) in [5.74, 6) is -0.829.